The van der Waals surface area contributed by atoms with Crippen molar-refractivity contribution in [2.24, 2.45) is 0 Å². The summed E-state index contributed by atoms with van der Waals surface area (Å²) < 4.78 is 1.37. The Balaban J connectivity index is 0.000000413. The van der Waals surface area contributed by atoms with Crippen LogP contribution in [0.2, 0.25) is 0 Å². The van der Waals surface area contributed by atoms with Crippen molar-refractivity contribution in [1.82, 2.24) is 4.98 Å². The number of hydrogen-bond acceptors (Lipinski definition) is 4. The zero-order valence-corrected chi connectivity index (χ0v) is 27.5. The first kappa shape index (κ1) is 29.9. The summed E-state index contributed by atoms with van der Waals surface area (Å²) >= 11 is 1.92. The van der Waals surface area contributed by atoms with E-state index in [1.54, 1.807) is 0 Å². The molecule has 3 aromatic carbocycles. The van der Waals surface area contributed by atoms with E-state index >= 15 is 0 Å². The first-order valence-corrected chi connectivity index (χ1v) is 14.1. The summed E-state index contributed by atoms with van der Waals surface area (Å²) in [5.74, 6) is -0.0625. The van der Waals surface area contributed by atoms with Crippen LogP contribution in [0.25, 0.3) is 42.7 Å². The third kappa shape index (κ3) is 5.19. The van der Waals surface area contributed by atoms with Crippen LogP contribution in [0.1, 0.15) is 61.1 Å². The van der Waals surface area contributed by atoms with E-state index in [1.165, 1.54) is 79.2 Å². The minimum Gasteiger partial charge on any atom is -0.512 e. The number of carbonyl (C=O) groups is 1. The van der Waals surface area contributed by atoms with Crippen molar-refractivity contribution in [2.45, 2.75) is 60.8 Å². The van der Waals surface area contributed by atoms with Crippen molar-refractivity contribution in [2.75, 3.05) is 0 Å². The molecule has 3 nitrogen and oxygen atoms in total. The second-order valence-corrected chi connectivity index (χ2v) is 12.3. The number of hydrogen-bond donors (Lipinski definition) is 1. The zero-order chi connectivity index (χ0) is 28.2. The molecule has 40 heavy (non-hydrogen) atoms. The number of ketones is 1. The number of nitrogens with zero attached hydrogens (tertiary/aromatic N) is 1. The summed E-state index contributed by atoms with van der Waals surface area (Å²) in [5.41, 5.74) is 12.5. The van der Waals surface area contributed by atoms with Crippen LogP contribution in [0.5, 0.6) is 0 Å². The van der Waals surface area contributed by atoms with Gasteiger partial charge in [-0.2, -0.15) is 0 Å². The van der Waals surface area contributed by atoms with Crippen LogP contribution in [0.4, 0.5) is 0 Å². The molecule has 0 unspecified atom stereocenters. The largest absolute Gasteiger partial charge is 0.512 e. The zero-order valence-electron chi connectivity index (χ0n) is 24.2. The number of aryl methyl sites for hydroxylation is 4. The maximum absolute atomic E-state index is 10.0. The number of carbonyl (C=O) groups excluding carboxylic acids is 1. The summed E-state index contributed by atoms with van der Waals surface area (Å²) in [7, 11) is 0. The Bertz CT molecular complexity index is 1820. The van der Waals surface area contributed by atoms with Gasteiger partial charge in [0, 0.05) is 41.1 Å². The van der Waals surface area contributed by atoms with E-state index in [0.29, 0.717) is 0 Å². The molecule has 0 bridgehead atoms. The van der Waals surface area contributed by atoms with Crippen LogP contribution in [0.3, 0.4) is 0 Å². The Kier molecular flexibility index (Phi) is 8.25. The van der Waals surface area contributed by atoms with Gasteiger partial charge in [0.15, 0.2) is 5.78 Å². The normalized spacial score (nSPS) is 13.3. The molecule has 0 amide bonds. The summed E-state index contributed by atoms with van der Waals surface area (Å²) in [4.78, 5) is 16.6. The second kappa shape index (κ2) is 11.0. The Hall–Kier alpha value is -3.11. The molecule has 0 saturated heterocycles. The average molecular weight is 725 g/mol. The number of pyridine rings is 1. The van der Waals surface area contributed by atoms with Crippen molar-refractivity contribution < 1.29 is 30.0 Å². The van der Waals surface area contributed by atoms with Crippen molar-refractivity contribution in [3.05, 3.63) is 99.8 Å². The van der Waals surface area contributed by atoms with Gasteiger partial charge in [-0.1, -0.05) is 49.2 Å². The van der Waals surface area contributed by atoms with Crippen LogP contribution in [0, 0.1) is 33.8 Å². The van der Waals surface area contributed by atoms with Gasteiger partial charge in [0.1, 0.15) is 0 Å². The third-order valence-electron chi connectivity index (χ3n) is 7.45. The molecular weight excluding hydrogens is 691 g/mol. The van der Waals surface area contributed by atoms with E-state index in [4.69, 9.17) is 10.1 Å². The number of aromatic nitrogens is 1. The van der Waals surface area contributed by atoms with E-state index in [9.17, 15) is 4.79 Å². The van der Waals surface area contributed by atoms with Crippen molar-refractivity contribution in [3.8, 4) is 21.7 Å². The first-order valence-electron chi connectivity index (χ1n) is 13.2. The summed E-state index contributed by atoms with van der Waals surface area (Å²) in [6, 6.07) is 21.5. The molecule has 1 aliphatic carbocycles. The van der Waals surface area contributed by atoms with Gasteiger partial charge in [-0.15, -0.1) is 40.7 Å². The number of allylic oxidation sites excluding steroid dienone is 2. The van der Waals surface area contributed by atoms with Crippen molar-refractivity contribution >= 4 is 38.1 Å². The maximum Gasteiger partial charge on any atom is 0.155 e. The van der Waals surface area contributed by atoms with Gasteiger partial charge in [0.2, 0.25) is 0 Å². The summed E-state index contributed by atoms with van der Waals surface area (Å²) in [6.07, 6.45) is 1.17. The molecule has 5 aromatic rings. The van der Waals surface area contributed by atoms with Crippen LogP contribution in [-0.2, 0) is 30.3 Å². The number of thiophene rings is 1. The first-order chi connectivity index (χ1) is 18.4. The van der Waals surface area contributed by atoms with E-state index < -0.39 is 0 Å². The molecule has 1 N–H and O–H groups in total. The van der Waals surface area contributed by atoms with E-state index in [1.807, 2.05) is 11.3 Å². The minimum atomic E-state index is -0.125. The molecule has 2 aromatic heterocycles. The average Bonchev–Trinajstić information content (AvgIpc) is 3.31. The van der Waals surface area contributed by atoms with E-state index in [-0.39, 0.29) is 37.1 Å². The number of rotatable bonds is 2. The third-order valence-corrected chi connectivity index (χ3v) is 8.65. The monoisotopic (exact) mass is 725 g/mol. The molecule has 0 aliphatic heterocycles. The molecule has 6 rings (SSSR count). The summed E-state index contributed by atoms with van der Waals surface area (Å²) in [6.45, 7) is 16.3. The maximum atomic E-state index is 10.0. The minimum absolute atomic E-state index is 0. The van der Waals surface area contributed by atoms with Crippen LogP contribution in [-0.4, -0.2) is 15.9 Å². The van der Waals surface area contributed by atoms with Crippen LogP contribution >= 0.6 is 11.3 Å². The van der Waals surface area contributed by atoms with Gasteiger partial charge >= 0.3 is 0 Å². The van der Waals surface area contributed by atoms with Gasteiger partial charge in [0.25, 0.3) is 0 Å². The predicted octanol–water partition coefficient (Wildman–Crippen LogP) is 9.49. The van der Waals surface area contributed by atoms with Gasteiger partial charge in [-0.3, -0.25) is 9.78 Å². The van der Waals surface area contributed by atoms with Gasteiger partial charge in [-0.25, -0.2) is 0 Å². The number of aliphatic hydroxyl groups excluding tert-OH is 1. The van der Waals surface area contributed by atoms with Crippen molar-refractivity contribution in [3.63, 3.8) is 0 Å². The molecule has 5 heteroatoms. The van der Waals surface area contributed by atoms with Crippen molar-refractivity contribution in [1.29, 1.82) is 0 Å². The predicted molar refractivity (Wildman–Crippen MR) is 165 cm³/mol. The molecule has 1 aliphatic rings. The van der Waals surface area contributed by atoms with Crippen LogP contribution < -0.4 is 0 Å². The molecule has 1 radical (unpaired) electrons. The molecule has 207 valence electrons. The van der Waals surface area contributed by atoms with Crippen LogP contribution in [0.15, 0.2) is 60.4 Å². The van der Waals surface area contributed by atoms with Gasteiger partial charge < -0.3 is 5.11 Å². The fraction of sp³-hybridized carbons (Fsp3) is 0.257. The van der Waals surface area contributed by atoms with Gasteiger partial charge in [-0.05, 0) is 92.4 Å². The quantitative estimate of drug-likeness (QED) is 0.112. The molecule has 0 saturated carbocycles. The standard InChI is InChI=1S/C30H26NS.C5H8O2.Ir/c1-16-10-11-25-22(13-16)28-29(32-25)21-9-7-8-20(27(21)30(28,5)6)23-15-19(4)26-18(3)12-17(2)14-24(26)31-23;1-4(6)3-5(2)7;/h7,9-15H,1-6H3;3,6H,1-2H3;/q-1;;/b;4-3-;. The van der Waals surface area contributed by atoms with E-state index in [2.05, 4.69) is 96.1 Å². The number of benzene rings is 3. The Morgan fingerprint density at radius 2 is 1.65 bits per heavy atom. The topological polar surface area (TPSA) is 50.2 Å². The SMILES string of the molecule is CC(=O)/C=C(/C)O.Cc1cc(C)c2c(C)cc(-c3[c-]ccc4c3C(C)(C)c3c-4sc4ccc(C)cc34)nc2c1.[Ir]. The smallest absolute Gasteiger partial charge is 0.155 e. The molecule has 0 fully saturated rings. The molecule has 0 atom stereocenters. The summed E-state index contributed by atoms with van der Waals surface area (Å²) in [5, 5.41) is 11.0. The second-order valence-electron chi connectivity index (χ2n) is 11.3. The number of aliphatic hydroxyl groups is 1. The van der Waals surface area contributed by atoms with E-state index in [0.717, 1.165) is 16.8 Å². The Morgan fingerprint density at radius 3 is 2.30 bits per heavy atom. The Morgan fingerprint density at radius 1 is 0.950 bits per heavy atom. The molecular formula is C35H34IrNO2S-. The molecule has 0 spiro atoms. The van der Waals surface area contributed by atoms with Gasteiger partial charge in [0.05, 0.1) is 11.3 Å². The Labute approximate surface area is 254 Å². The fourth-order valence-electron chi connectivity index (χ4n) is 6.09. The fourth-order valence-corrected chi connectivity index (χ4v) is 7.47. The number of fused-ring (bicyclic) bond motifs is 6. The molecule has 2 heterocycles.